The van der Waals surface area contributed by atoms with Crippen molar-refractivity contribution in [1.82, 2.24) is 14.6 Å². The van der Waals surface area contributed by atoms with Crippen LogP contribution in [0.1, 0.15) is 29.4 Å². The molecule has 4 aromatic rings. The second-order valence-corrected chi connectivity index (χ2v) is 10.0. The van der Waals surface area contributed by atoms with Crippen LogP contribution < -0.4 is 4.74 Å². The van der Waals surface area contributed by atoms with Crippen LogP contribution in [0.25, 0.3) is 22.5 Å². The van der Waals surface area contributed by atoms with E-state index in [4.69, 9.17) is 23.6 Å². The lowest BCUT2D eigenvalue weighted by atomic mass is 9.99. The molecule has 1 aliphatic carbocycles. The molecular weight excluding hydrogens is 491 g/mol. The van der Waals surface area contributed by atoms with Crippen molar-refractivity contribution in [2.45, 2.75) is 18.6 Å². The van der Waals surface area contributed by atoms with E-state index in [9.17, 15) is 4.39 Å². The van der Waals surface area contributed by atoms with Crippen LogP contribution in [0.15, 0.2) is 51.7 Å². The summed E-state index contributed by atoms with van der Waals surface area (Å²) in [4.78, 5) is 10.1. The number of rotatable bonds is 7. The first-order chi connectivity index (χ1) is 17.1. The van der Waals surface area contributed by atoms with Crippen LogP contribution in [0, 0.1) is 5.82 Å². The van der Waals surface area contributed by atoms with Gasteiger partial charge < -0.3 is 18.6 Å². The Labute approximate surface area is 208 Å². The number of aliphatic imine (C=N–C) groups is 1. The fourth-order valence-corrected chi connectivity index (χ4v) is 5.81. The first kappa shape index (κ1) is 22.3. The average Bonchev–Trinajstić information content (AvgIpc) is 3.65. The predicted octanol–water partition coefficient (Wildman–Crippen LogP) is 5.21. The topological polar surface area (TPSA) is 83.4 Å². The van der Waals surface area contributed by atoms with Crippen LogP contribution >= 0.6 is 23.1 Å². The molecule has 180 valence electrons. The number of thioether (sulfide) groups is 1. The van der Waals surface area contributed by atoms with Gasteiger partial charge in [0.05, 0.1) is 44.2 Å². The van der Waals surface area contributed by atoms with Crippen molar-refractivity contribution < 1.29 is 23.0 Å². The monoisotopic (exact) mass is 512 g/mol. The number of fused-ring (bicyclic) bond motifs is 2. The third-order valence-electron chi connectivity index (χ3n) is 5.82. The van der Waals surface area contributed by atoms with Crippen LogP contribution in [0.3, 0.4) is 0 Å². The molecule has 0 bridgehead atoms. The molecule has 1 aliphatic heterocycles. The molecule has 35 heavy (non-hydrogen) atoms. The molecule has 2 unspecified atom stereocenters. The number of furan rings is 1. The van der Waals surface area contributed by atoms with Crippen LogP contribution in [0.4, 0.5) is 4.39 Å². The minimum absolute atomic E-state index is 0.0211. The summed E-state index contributed by atoms with van der Waals surface area (Å²) in [5.41, 5.74) is 2.57. The Hall–Kier alpha value is -3.15. The zero-order valence-corrected chi connectivity index (χ0v) is 20.6. The van der Waals surface area contributed by atoms with Gasteiger partial charge in [-0.3, -0.25) is 4.99 Å². The molecule has 0 spiro atoms. The number of imidazole rings is 1. The smallest absolute Gasteiger partial charge is 0.294 e. The predicted molar refractivity (Wildman–Crippen MR) is 133 cm³/mol. The number of ether oxygens (including phenoxy) is 3. The van der Waals surface area contributed by atoms with Gasteiger partial charge in [0.25, 0.3) is 5.19 Å². The third-order valence-corrected chi connectivity index (χ3v) is 7.87. The molecule has 0 fully saturated rings. The van der Waals surface area contributed by atoms with Crippen molar-refractivity contribution in [3.05, 3.63) is 65.0 Å². The fourth-order valence-electron chi connectivity index (χ4n) is 4.06. The highest BCUT2D eigenvalue weighted by Crippen LogP contribution is 2.40. The Balaban J connectivity index is 1.20. The normalized spacial score (nSPS) is 19.5. The highest BCUT2D eigenvalue weighted by molar-refractivity contribution is 8.14. The molecule has 6 rings (SSSR count). The fraction of sp³-hybridized carbons (Fsp3) is 0.292. The van der Waals surface area contributed by atoms with Crippen molar-refractivity contribution in [1.29, 1.82) is 0 Å². The molecule has 2 atom stereocenters. The van der Waals surface area contributed by atoms with Gasteiger partial charge in [0.2, 0.25) is 4.96 Å². The zero-order valence-electron chi connectivity index (χ0n) is 18.9. The van der Waals surface area contributed by atoms with Crippen LogP contribution in [0.2, 0.25) is 0 Å². The molecule has 1 aromatic carbocycles. The highest BCUT2D eigenvalue weighted by Gasteiger charge is 2.29. The number of benzene rings is 1. The van der Waals surface area contributed by atoms with Gasteiger partial charge in [0.1, 0.15) is 23.0 Å². The molecule has 0 N–H and O–H groups in total. The summed E-state index contributed by atoms with van der Waals surface area (Å²) in [6.07, 6.45) is 4.10. The van der Waals surface area contributed by atoms with Gasteiger partial charge in [-0.05, 0) is 41.7 Å². The number of halogens is 1. The van der Waals surface area contributed by atoms with Crippen molar-refractivity contribution in [3.63, 3.8) is 0 Å². The Bertz CT molecular complexity index is 1410. The number of aromatic nitrogens is 3. The van der Waals surface area contributed by atoms with Crippen molar-refractivity contribution in [2.24, 2.45) is 4.99 Å². The lowest BCUT2D eigenvalue weighted by Gasteiger charge is -2.23. The van der Waals surface area contributed by atoms with E-state index in [1.165, 1.54) is 23.5 Å². The summed E-state index contributed by atoms with van der Waals surface area (Å²) >= 11 is 3.02. The Morgan fingerprint density at radius 3 is 2.83 bits per heavy atom. The van der Waals surface area contributed by atoms with Crippen LogP contribution in [-0.4, -0.2) is 52.3 Å². The molecule has 0 radical (unpaired) electrons. The maximum atomic E-state index is 13.2. The molecule has 0 saturated carbocycles. The molecule has 3 aromatic heterocycles. The van der Waals surface area contributed by atoms with E-state index < -0.39 is 0 Å². The van der Waals surface area contributed by atoms with Crippen LogP contribution in [0.5, 0.6) is 5.19 Å². The van der Waals surface area contributed by atoms with Gasteiger partial charge in [-0.25, -0.2) is 13.9 Å². The minimum Gasteiger partial charge on any atom is -0.501 e. The first-order valence-electron chi connectivity index (χ1n) is 11.0. The van der Waals surface area contributed by atoms with Crippen molar-refractivity contribution in [2.75, 3.05) is 26.6 Å². The Morgan fingerprint density at radius 1 is 1.20 bits per heavy atom. The van der Waals surface area contributed by atoms with E-state index in [0.29, 0.717) is 35.4 Å². The quantitative estimate of drug-likeness (QED) is 0.336. The molecule has 8 nitrogen and oxygen atoms in total. The lowest BCUT2D eigenvalue weighted by Crippen LogP contribution is -2.18. The summed E-state index contributed by atoms with van der Waals surface area (Å²) in [6, 6.07) is 8.42. The van der Waals surface area contributed by atoms with Crippen molar-refractivity contribution in [3.8, 4) is 16.6 Å². The van der Waals surface area contributed by atoms with E-state index in [1.807, 2.05) is 18.3 Å². The molecule has 2 aliphatic rings. The standard InChI is InChI=1S/C24H21FN4O4S2/c1-30-16-7-19(32-11-15-12-34-22(26-15)13-3-5-14(25)6-4-13)17-9-21(33-20(17)8-16)18-10-29-23(27-18)35-24(28-29)31-2/h3-6,8-10,15,19H,7,11-12H2,1-2H3. The minimum atomic E-state index is -0.252. The Morgan fingerprint density at radius 2 is 2.06 bits per heavy atom. The summed E-state index contributed by atoms with van der Waals surface area (Å²) in [5, 5.41) is 5.79. The summed E-state index contributed by atoms with van der Waals surface area (Å²) in [5.74, 6) is 2.70. The lowest BCUT2D eigenvalue weighted by molar-refractivity contribution is 0.0362. The average molecular weight is 513 g/mol. The zero-order chi connectivity index (χ0) is 23.9. The SMILES string of the molecule is COC1=Cc2oc(-c3cn4nc(OC)sc4n3)cc2C(OCC2CSC(c3ccc(F)cc3)=N2)C1. The number of hydrogen-bond donors (Lipinski definition) is 0. The number of methoxy groups -OCH3 is 2. The first-order valence-corrected chi connectivity index (χ1v) is 12.8. The van der Waals surface area contributed by atoms with E-state index in [1.54, 1.807) is 42.6 Å². The van der Waals surface area contributed by atoms with Crippen molar-refractivity contribution >= 4 is 39.2 Å². The summed E-state index contributed by atoms with van der Waals surface area (Å²) < 4.78 is 38.1. The van der Waals surface area contributed by atoms with Gasteiger partial charge in [-0.2, -0.15) is 0 Å². The highest BCUT2D eigenvalue weighted by atomic mass is 32.2. The summed E-state index contributed by atoms with van der Waals surface area (Å²) in [6.45, 7) is 0.462. The maximum absolute atomic E-state index is 13.2. The summed E-state index contributed by atoms with van der Waals surface area (Å²) in [7, 11) is 3.23. The largest absolute Gasteiger partial charge is 0.501 e. The van der Waals surface area contributed by atoms with E-state index in [0.717, 1.165) is 32.6 Å². The second kappa shape index (κ2) is 9.14. The molecule has 11 heteroatoms. The maximum Gasteiger partial charge on any atom is 0.294 e. The van der Waals surface area contributed by atoms with Gasteiger partial charge in [-0.15, -0.1) is 16.9 Å². The number of hydrogen-bond acceptors (Lipinski definition) is 9. The van der Waals surface area contributed by atoms with Gasteiger partial charge in [0.15, 0.2) is 5.76 Å². The van der Waals surface area contributed by atoms with Gasteiger partial charge in [0, 0.05) is 29.4 Å². The third kappa shape index (κ3) is 4.35. The van der Waals surface area contributed by atoms with Crippen LogP contribution in [-0.2, 0) is 9.47 Å². The molecule has 0 saturated heterocycles. The van der Waals surface area contributed by atoms with E-state index in [2.05, 4.69) is 10.1 Å². The van der Waals surface area contributed by atoms with E-state index >= 15 is 0 Å². The molecule has 0 amide bonds. The number of nitrogens with zero attached hydrogens (tertiary/aromatic N) is 4. The Kier molecular flexibility index (Phi) is 5.83. The second-order valence-electron chi connectivity index (χ2n) is 8.10. The van der Waals surface area contributed by atoms with Gasteiger partial charge in [-0.1, -0.05) is 0 Å². The van der Waals surface area contributed by atoms with E-state index in [-0.39, 0.29) is 18.0 Å². The molecular formula is C24H21FN4O4S2. The molecule has 4 heterocycles. The van der Waals surface area contributed by atoms with Gasteiger partial charge >= 0.3 is 0 Å².